The number of aromatic nitrogens is 3. The monoisotopic (exact) mass is 1080 g/mol. The van der Waals surface area contributed by atoms with Crippen molar-refractivity contribution in [3.63, 3.8) is 0 Å². The molecule has 5 N–H and O–H groups in total. The number of benzene rings is 3. The molecule has 5 unspecified atom stereocenters. The molecule has 0 radical (unpaired) electrons. The van der Waals surface area contributed by atoms with E-state index in [9.17, 15) is 33.9 Å². The topological polar surface area (TPSA) is 238 Å². The molecule has 5 aromatic rings. The van der Waals surface area contributed by atoms with Crippen LogP contribution in [0.3, 0.4) is 0 Å². The Morgan fingerprint density at radius 2 is 1.73 bits per heavy atom. The second-order valence-electron chi connectivity index (χ2n) is 21.6. The number of alkyl carbamates (subject to hydrolysis) is 1. The number of ether oxygens (including phenoxy) is 2. The number of piperazine rings is 1. The molecule has 3 aromatic carbocycles. The van der Waals surface area contributed by atoms with Gasteiger partial charge in [-0.15, -0.1) is 6.42 Å². The molecule has 5 atom stereocenters. The van der Waals surface area contributed by atoms with Gasteiger partial charge >= 0.3 is 12.1 Å². The molecule has 5 fully saturated rings. The van der Waals surface area contributed by atoms with Gasteiger partial charge in [-0.2, -0.15) is 9.97 Å². The fraction of sp³-hybridized carbons (Fsp3) is 0.431. The van der Waals surface area contributed by atoms with E-state index in [1.165, 1.54) is 36.5 Å². The van der Waals surface area contributed by atoms with Crippen LogP contribution in [0.5, 0.6) is 11.8 Å². The number of aromatic hydroxyl groups is 1. The maximum Gasteiger partial charge on any atom is 0.407 e. The number of terminal acetylenes is 1. The summed E-state index contributed by atoms with van der Waals surface area (Å²) in [5.41, 5.74) is 0.655. The largest absolute Gasteiger partial charge is 0.508 e. The molecule has 21 heteroatoms. The first kappa shape index (κ1) is 52.9. The van der Waals surface area contributed by atoms with Crippen molar-refractivity contribution < 1.29 is 52.1 Å². The van der Waals surface area contributed by atoms with Crippen molar-refractivity contribution in [2.45, 2.75) is 120 Å². The minimum absolute atomic E-state index is 0.00612. The Kier molecular flexibility index (Phi) is 14.7. The van der Waals surface area contributed by atoms with Crippen LogP contribution in [0.25, 0.3) is 32.9 Å². The van der Waals surface area contributed by atoms with Gasteiger partial charge in [0.05, 0.1) is 33.3 Å². The number of amides is 6. The Morgan fingerprint density at radius 1 is 0.949 bits per heavy atom. The molecule has 0 saturated carbocycles. The van der Waals surface area contributed by atoms with Crippen LogP contribution in [-0.2, 0) is 19.1 Å². The molecule has 2 aromatic heterocycles. The van der Waals surface area contributed by atoms with Crippen molar-refractivity contribution in [2.75, 3.05) is 49.6 Å². The molecule has 0 spiro atoms. The van der Waals surface area contributed by atoms with Gasteiger partial charge < -0.3 is 35.4 Å². The van der Waals surface area contributed by atoms with Gasteiger partial charge in [0.2, 0.25) is 17.7 Å². The first-order chi connectivity index (χ1) is 38.2. The third-order valence-electron chi connectivity index (χ3n) is 16.3. The quantitative estimate of drug-likeness (QED) is 0.0263. The van der Waals surface area contributed by atoms with Gasteiger partial charge in [0.1, 0.15) is 47.9 Å². The SMILES string of the molecule is C#Cc1c(F)ccc2cc(O)cc(-c3ncc4c(N5CC6CCC(C5)N6)nc(OCC56CCC(COC(=O)NCCCCCCCCC(=O)Nc7cccc8c7C(=O)N(C7CCC(=O)NC7=O)C8=O)N5CC(=C)C6)nc4c3F)c12. The van der Waals surface area contributed by atoms with Crippen molar-refractivity contribution in [3.05, 3.63) is 89.1 Å². The summed E-state index contributed by atoms with van der Waals surface area (Å²) in [6.07, 6.45) is 15.9. The number of nitrogens with zero attached hydrogens (tertiary/aromatic N) is 6. The zero-order valence-electron chi connectivity index (χ0n) is 43.5. The van der Waals surface area contributed by atoms with E-state index in [0.717, 1.165) is 68.3 Å². The highest BCUT2D eigenvalue weighted by Crippen LogP contribution is 2.45. The van der Waals surface area contributed by atoms with Gasteiger partial charge in [0, 0.05) is 74.3 Å². The van der Waals surface area contributed by atoms with Crippen molar-refractivity contribution in [1.82, 2.24) is 40.7 Å². The lowest BCUT2D eigenvalue weighted by atomic mass is 9.94. The van der Waals surface area contributed by atoms with Crippen LogP contribution in [-0.4, -0.2) is 135 Å². The maximum absolute atomic E-state index is 17.2. The third kappa shape index (κ3) is 10.4. The fourth-order valence-electron chi connectivity index (χ4n) is 12.5. The molecule has 8 heterocycles. The number of carbonyl (C=O) groups is 6. The molecule has 11 rings (SSSR count). The minimum Gasteiger partial charge on any atom is -0.508 e. The molecule has 6 amide bonds. The number of halogens is 2. The van der Waals surface area contributed by atoms with Crippen molar-refractivity contribution in [2.24, 2.45) is 0 Å². The Balaban J connectivity index is 0.657. The molecule has 19 nitrogen and oxygen atoms in total. The number of pyridine rings is 1. The second kappa shape index (κ2) is 22.0. The van der Waals surface area contributed by atoms with E-state index >= 15 is 8.78 Å². The van der Waals surface area contributed by atoms with Gasteiger partial charge in [-0.05, 0) is 87.1 Å². The van der Waals surface area contributed by atoms with E-state index in [1.807, 2.05) is 0 Å². The Morgan fingerprint density at radius 3 is 2.52 bits per heavy atom. The maximum atomic E-state index is 17.2. The number of anilines is 2. The number of phenolic OH excluding ortho intramolecular Hbond substituents is 1. The average molecular weight is 1080 g/mol. The number of carbonyl (C=O) groups excluding carboxylic acids is 6. The summed E-state index contributed by atoms with van der Waals surface area (Å²) in [6, 6.07) is 9.25. The van der Waals surface area contributed by atoms with Gasteiger partial charge in [-0.3, -0.25) is 44.1 Å². The summed E-state index contributed by atoms with van der Waals surface area (Å²) in [6.45, 7) is 6.93. The first-order valence-corrected chi connectivity index (χ1v) is 27.1. The number of phenols is 1. The third-order valence-corrected chi connectivity index (χ3v) is 16.3. The van der Waals surface area contributed by atoms with Gasteiger partial charge in [-0.1, -0.05) is 55.9 Å². The minimum atomic E-state index is -1.10. The van der Waals surface area contributed by atoms with Crippen molar-refractivity contribution >= 4 is 68.8 Å². The smallest absolute Gasteiger partial charge is 0.407 e. The summed E-state index contributed by atoms with van der Waals surface area (Å²) >= 11 is 0. The Hall–Kier alpha value is -8.09. The molecular formula is C58H60F2N10O9. The van der Waals surface area contributed by atoms with E-state index in [-0.39, 0.29) is 113 Å². The van der Waals surface area contributed by atoms with E-state index in [0.29, 0.717) is 55.6 Å². The average Bonchev–Trinajstić information content (AvgIpc) is 4.32. The second-order valence-corrected chi connectivity index (χ2v) is 21.6. The summed E-state index contributed by atoms with van der Waals surface area (Å²) in [5, 5.41) is 23.2. The Bertz CT molecular complexity index is 3390. The number of hydrogen-bond donors (Lipinski definition) is 5. The van der Waals surface area contributed by atoms with Crippen molar-refractivity contribution in [1.29, 1.82) is 0 Å². The van der Waals surface area contributed by atoms with Gasteiger partial charge in [-0.25, -0.2) is 13.6 Å². The first-order valence-electron chi connectivity index (χ1n) is 27.1. The number of piperidine rings is 1. The van der Waals surface area contributed by atoms with Gasteiger partial charge in [0.25, 0.3) is 11.8 Å². The van der Waals surface area contributed by atoms with E-state index in [4.69, 9.17) is 20.9 Å². The molecule has 410 valence electrons. The standard InChI is InChI=1S/C58H60F2N10O9/c1-3-38-42(59)17-14-33-23-37(71)24-40(47(33)38)50-49(60)51-41(26-62-50)52(68-28-34-15-16-35(29-68)63-34)67-56(66-51)79-31-58-21-20-36(69(58)27-32(2)25-58)30-78-57(77)61-22-9-7-5-4-6-8-13-45(72)64-43-12-10-11-39-48(43)55(76)70(54(39)75)44-18-19-46(73)65-53(44)74/h1,10-12,14,17,23-24,26,34-36,44,63,71H,2,4-9,13,15-16,18-22,25,27-31H2,(H,61,77)(H,64,72)(H,65,73,74). The van der Waals surface area contributed by atoms with Crippen LogP contribution in [0.1, 0.15) is 116 Å². The lowest BCUT2D eigenvalue weighted by Gasteiger charge is -2.35. The molecule has 5 saturated heterocycles. The normalized spacial score (nSPS) is 22.6. The van der Waals surface area contributed by atoms with Crippen molar-refractivity contribution in [3.8, 4) is 35.4 Å². The highest BCUT2D eigenvalue weighted by Gasteiger charge is 2.52. The molecule has 0 aliphatic carbocycles. The Labute approximate surface area is 453 Å². The van der Waals surface area contributed by atoms with E-state index < -0.39 is 52.9 Å². The van der Waals surface area contributed by atoms with Crippen LogP contribution < -0.4 is 30.9 Å². The highest BCUT2D eigenvalue weighted by molar-refractivity contribution is 6.26. The number of fused-ring (bicyclic) bond motifs is 6. The van der Waals surface area contributed by atoms with Crippen LogP contribution in [0.2, 0.25) is 0 Å². The van der Waals surface area contributed by atoms with Crippen LogP contribution >= 0.6 is 0 Å². The molecular weight excluding hydrogens is 1020 g/mol. The highest BCUT2D eigenvalue weighted by atomic mass is 19.1. The number of unbranched alkanes of at least 4 members (excludes halogenated alkanes) is 5. The molecule has 6 aliphatic heterocycles. The fourth-order valence-corrected chi connectivity index (χ4v) is 12.5. The molecule has 6 aliphatic rings. The van der Waals surface area contributed by atoms with Gasteiger partial charge in [0.15, 0.2) is 5.82 Å². The van der Waals surface area contributed by atoms with E-state index in [2.05, 4.69) is 53.5 Å². The lowest BCUT2D eigenvalue weighted by Crippen LogP contribution is -2.54. The predicted molar refractivity (Wildman–Crippen MR) is 287 cm³/mol. The number of nitrogens with one attached hydrogen (secondary N) is 4. The van der Waals surface area contributed by atoms with Crippen LogP contribution in [0.4, 0.5) is 25.1 Å². The zero-order valence-corrected chi connectivity index (χ0v) is 43.5. The number of hydrogen-bond acceptors (Lipinski definition) is 15. The summed E-state index contributed by atoms with van der Waals surface area (Å²) in [4.78, 5) is 95.8. The zero-order chi connectivity index (χ0) is 55.1. The summed E-state index contributed by atoms with van der Waals surface area (Å²) in [5.74, 6) is -1.57. The van der Waals surface area contributed by atoms with Crippen LogP contribution in [0, 0.1) is 24.0 Å². The summed E-state index contributed by atoms with van der Waals surface area (Å²) in [7, 11) is 0. The number of imide groups is 2. The summed E-state index contributed by atoms with van der Waals surface area (Å²) < 4.78 is 44.6. The van der Waals surface area contributed by atoms with E-state index in [1.54, 1.807) is 12.1 Å². The lowest BCUT2D eigenvalue weighted by molar-refractivity contribution is -0.136. The number of rotatable bonds is 18. The molecule has 79 heavy (non-hydrogen) atoms. The molecule has 2 bridgehead atoms. The van der Waals surface area contributed by atoms with Crippen LogP contribution in [0.15, 0.2) is 60.8 Å². The predicted octanol–water partition coefficient (Wildman–Crippen LogP) is 6.79.